The molecule has 0 bridgehead atoms. The van der Waals surface area contributed by atoms with Crippen molar-refractivity contribution in [2.75, 3.05) is 25.1 Å². The number of ether oxygens (including phenoxy) is 1. The van der Waals surface area contributed by atoms with E-state index < -0.39 is 30.3 Å². The molecule has 1 heterocycles. The molecule has 0 aromatic heterocycles. The summed E-state index contributed by atoms with van der Waals surface area (Å²) in [5.41, 5.74) is 2.20. The molecule has 1 atom stereocenters. The second-order valence-electron chi connectivity index (χ2n) is 6.03. The summed E-state index contributed by atoms with van der Waals surface area (Å²) in [7, 11) is 0. The van der Waals surface area contributed by atoms with E-state index in [0.717, 1.165) is 0 Å². The molecule has 0 spiro atoms. The summed E-state index contributed by atoms with van der Waals surface area (Å²) in [5, 5.41) is 20.6. The number of amides is 1. The molecule has 7 nitrogen and oxygen atoms in total. The van der Waals surface area contributed by atoms with Crippen molar-refractivity contribution in [3.8, 4) is 5.75 Å². The number of hydrogen-bond acceptors (Lipinski definition) is 6. The first-order valence-corrected chi connectivity index (χ1v) is 9.40. The number of hydroxylamine groups is 1. The maximum Gasteiger partial charge on any atom is 0.277 e. The van der Waals surface area contributed by atoms with Gasteiger partial charge in [0.2, 0.25) is 0 Å². The van der Waals surface area contributed by atoms with E-state index in [1.165, 1.54) is 18.2 Å². The Balaban J connectivity index is 1.92. The predicted octanol–water partition coefficient (Wildman–Crippen LogP) is 2.26. The van der Waals surface area contributed by atoms with E-state index in [4.69, 9.17) is 14.7 Å². The van der Waals surface area contributed by atoms with Gasteiger partial charge in [0.25, 0.3) is 5.91 Å². The van der Waals surface area contributed by atoms with Gasteiger partial charge < -0.3 is 20.3 Å². The van der Waals surface area contributed by atoms with E-state index in [1.807, 2.05) is 22.6 Å². The Hall–Kier alpha value is -2.02. The summed E-state index contributed by atoms with van der Waals surface area (Å²) >= 11 is 1.94. The highest BCUT2D eigenvalue weighted by Gasteiger charge is 2.27. The maximum absolute atomic E-state index is 15.0. The van der Waals surface area contributed by atoms with Crippen LogP contribution in [0.1, 0.15) is 15.9 Å². The highest BCUT2D eigenvalue weighted by molar-refractivity contribution is 14.1. The monoisotopic (exact) mass is 506 g/mol. The number of fused-ring (bicyclic) bond motifs is 1. The zero-order valence-corrected chi connectivity index (χ0v) is 16.6. The lowest BCUT2D eigenvalue weighted by molar-refractivity contribution is -0.0295. The van der Waals surface area contributed by atoms with E-state index in [2.05, 4.69) is 10.8 Å². The quantitative estimate of drug-likeness (QED) is 0.340. The Morgan fingerprint density at radius 3 is 2.86 bits per heavy atom. The Morgan fingerprint density at radius 1 is 1.36 bits per heavy atom. The smallest absolute Gasteiger partial charge is 0.277 e. The van der Waals surface area contributed by atoms with E-state index >= 15 is 0 Å². The van der Waals surface area contributed by atoms with Crippen molar-refractivity contribution in [3.05, 3.63) is 50.6 Å². The van der Waals surface area contributed by atoms with E-state index in [1.54, 1.807) is 6.07 Å². The number of halogens is 3. The van der Waals surface area contributed by atoms with Crippen LogP contribution in [-0.4, -0.2) is 42.0 Å². The molecule has 2 aromatic rings. The van der Waals surface area contributed by atoms with Gasteiger partial charge in [0.05, 0.1) is 30.2 Å². The van der Waals surface area contributed by atoms with Gasteiger partial charge in [-0.05, 0) is 46.9 Å². The van der Waals surface area contributed by atoms with Crippen molar-refractivity contribution in [1.29, 1.82) is 0 Å². The average molecular weight is 506 g/mol. The molecule has 0 saturated carbocycles. The SMILES string of the molecule is O=C(NOC[C@H](O)CO)c1cc2c(c(F)c1Nc1ccc(I)cc1F)OCC2. The third-order valence-electron chi connectivity index (χ3n) is 4.00. The van der Waals surface area contributed by atoms with E-state index in [9.17, 15) is 18.7 Å². The topological polar surface area (TPSA) is 100 Å². The van der Waals surface area contributed by atoms with Gasteiger partial charge in [-0.1, -0.05) is 0 Å². The number of carbonyl (C=O) groups is 1. The fourth-order valence-corrected chi connectivity index (χ4v) is 3.08. The van der Waals surface area contributed by atoms with Crippen LogP contribution < -0.4 is 15.5 Å². The van der Waals surface area contributed by atoms with Gasteiger partial charge in [0.1, 0.15) is 18.5 Å². The molecule has 0 unspecified atom stereocenters. The molecule has 150 valence electrons. The molecule has 3 rings (SSSR count). The third kappa shape index (κ3) is 4.51. The number of carbonyl (C=O) groups excluding carboxylic acids is 1. The number of anilines is 2. The molecule has 1 amide bonds. The van der Waals surface area contributed by atoms with E-state index in [-0.39, 0.29) is 35.9 Å². The van der Waals surface area contributed by atoms with Crippen molar-refractivity contribution in [3.63, 3.8) is 0 Å². The zero-order chi connectivity index (χ0) is 20.3. The van der Waals surface area contributed by atoms with Crippen LogP contribution >= 0.6 is 22.6 Å². The van der Waals surface area contributed by atoms with Crippen LogP contribution in [0, 0.1) is 15.2 Å². The van der Waals surface area contributed by atoms with Gasteiger partial charge in [-0.3, -0.25) is 9.63 Å². The third-order valence-corrected chi connectivity index (χ3v) is 4.67. The minimum Gasteiger partial charge on any atom is -0.490 e. The minimum atomic E-state index is -1.18. The predicted molar refractivity (Wildman–Crippen MR) is 105 cm³/mol. The average Bonchev–Trinajstić information content (AvgIpc) is 3.14. The lowest BCUT2D eigenvalue weighted by atomic mass is 10.0. The molecule has 0 fully saturated rings. The molecule has 0 aliphatic carbocycles. The summed E-state index contributed by atoms with van der Waals surface area (Å²) in [4.78, 5) is 17.3. The largest absolute Gasteiger partial charge is 0.490 e. The van der Waals surface area contributed by atoms with Crippen molar-refractivity contribution >= 4 is 39.9 Å². The Labute approximate surface area is 172 Å². The summed E-state index contributed by atoms with van der Waals surface area (Å²) in [6, 6.07) is 5.77. The zero-order valence-electron chi connectivity index (χ0n) is 14.5. The first-order chi connectivity index (χ1) is 13.4. The number of nitrogens with one attached hydrogen (secondary N) is 2. The van der Waals surface area contributed by atoms with Gasteiger partial charge in [-0.2, -0.15) is 0 Å². The van der Waals surface area contributed by atoms with Crippen molar-refractivity contribution in [1.82, 2.24) is 5.48 Å². The van der Waals surface area contributed by atoms with Gasteiger partial charge in [0, 0.05) is 15.6 Å². The van der Waals surface area contributed by atoms with Crippen LogP contribution in [-0.2, 0) is 11.3 Å². The normalized spacial score (nSPS) is 13.6. The lowest BCUT2D eigenvalue weighted by Crippen LogP contribution is -2.30. The second kappa shape index (κ2) is 8.99. The fourth-order valence-electron chi connectivity index (χ4n) is 2.63. The molecule has 2 aromatic carbocycles. The van der Waals surface area contributed by atoms with Gasteiger partial charge >= 0.3 is 0 Å². The number of hydrogen-bond donors (Lipinski definition) is 4. The molecular formula is C18H17F2IN2O5. The van der Waals surface area contributed by atoms with E-state index in [0.29, 0.717) is 15.6 Å². The highest BCUT2D eigenvalue weighted by atomic mass is 127. The van der Waals surface area contributed by atoms with Crippen LogP contribution in [0.2, 0.25) is 0 Å². The van der Waals surface area contributed by atoms with Gasteiger partial charge in [-0.25, -0.2) is 14.3 Å². The number of rotatable bonds is 7. The number of benzene rings is 2. The van der Waals surface area contributed by atoms with Gasteiger partial charge in [-0.15, -0.1) is 0 Å². The molecule has 1 aliphatic rings. The summed E-state index contributed by atoms with van der Waals surface area (Å²) < 4.78 is 35.1. The Morgan fingerprint density at radius 2 is 2.14 bits per heavy atom. The molecule has 28 heavy (non-hydrogen) atoms. The highest BCUT2D eigenvalue weighted by Crippen LogP contribution is 2.38. The minimum absolute atomic E-state index is 0.0112. The van der Waals surface area contributed by atoms with Crippen LogP contribution in [0.25, 0.3) is 0 Å². The lowest BCUT2D eigenvalue weighted by Gasteiger charge is -2.16. The van der Waals surface area contributed by atoms with Crippen molar-refractivity contribution < 1.29 is 33.4 Å². The molecule has 0 saturated heterocycles. The fraction of sp³-hybridized carbons (Fsp3) is 0.278. The molecule has 10 heteroatoms. The summed E-state index contributed by atoms with van der Waals surface area (Å²) in [5.74, 6) is -2.20. The molecular weight excluding hydrogens is 489 g/mol. The summed E-state index contributed by atoms with van der Waals surface area (Å²) in [6.45, 7) is -0.624. The Bertz CT molecular complexity index is 897. The molecule has 4 N–H and O–H groups in total. The number of aliphatic hydroxyl groups excluding tert-OH is 2. The van der Waals surface area contributed by atoms with Crippen LogP contribution in [0.5, 0.6) is 5.75 Å². The standard InChI is InChI=1S/C18H17F2IN2O5/c19-13-6-10(21)1-2-14(13)22-16-12(18(26)23-28-8-11(25)7-24)5-9-3-4-27-17(9)15(16)20/h1-2,5-6,11,22,24-25H,3-4,7-8H2,(H,23,26)/t11-/m1/s1. The summed E-state index contributed by atoms with van der Waals surface area (Å²) in [6.07, 6.45) is -0.752. The van der Waals surface area contributed by atoms with Crippen LogP contribution in [0.3, 0.4) is 0 Å². The molecule has 0 radical (unpaired) electrons. The first kappa shape index (κ1) is 20.7. The van der Waals surface area contributed by atoms with Crippen molar-refractivity contribution in [2.24, 2.45) is 0 Å². The Kier molecular flexibility index (Phi) is 6.65. The van der Waals surface area contributed by atoms with Crippen LogP contribution in [0.4, 0.5) is 20.2 Å². The first-order valence-electron chi connectivity index (χ1n) is 8.32. The van der Waals surface area contributed by atoms with Gasteiger partial charge in [0.15, 0.2) is 11.6 Å². The van der Waals surface area contributed by atoms with Crippen LogP contribution in [0.15, 0.2) is 24.3 Å². The second-order valence-corrected chi connectivity index (χ2v) is 7.27. The molecule has 1 aliphatic heterocycles. The number of aliphatic hydroxyl groups is 2. The van der Waals surface area contributed by atoms with Crippen molar-refractivity contribution in [2.45, 2.75) is 12.5 Å². The maximum atomic E-state index is 15.0.